The van der Waals surface area contributed by atoms with Crippen LogP contribution in [0.4, 0.5) is 0 Å². The van der Waals surface area contributed by atoms with Gasteiger partial charge in [-0.1, -0.05) is 36.4 Å². The number of rotatable bonds is 10. The van der Waals surface area contributed by atoms with Gasteiger partial charge in [0.15, 0.2) is 5.79 Å². The van der Waals surface area contributed by atoms with Gasteiger partial charge in [0, 0.05) is 91.9 Å². The molecule has 0 bridgehead atoms. The predicted octanol–water partition coefficient (Wildman–Crippen LogP) is 4.62. The normalized spacial score (nSPS) is 17.7. The van der Waals surface area contributed by atoms with Gasteiger partial charge in [-0.15, -0.1) is 0 Å². The van der Waals surface area contributed by atoms with Crippen molar-refractivity contribution in [1.29, 1.82) is 0 Å². The molecule has 0 saturated carbocycles. The highest BCUT2D eigenvalue weighted by atomic mass is 32.2. The Morgan fingerprint density at radius 2 is 1.40 bits per heavy atom. The molecule has 11 nitrogen and oxygen atoms in total. The molecule has 1 atom stereocenters. The Morgan fingerprint density at radius 1 is 0.812 bits per heavy atom. The van der Waals surface area contributed by atoms with Crippen molar-refractivity contribution in [3.8, 4) is 5.75 Å². The van der Waals surface area contributed by atoms with Crippen molar-refractivity contribution in [3.05, 3.63) is 103 Å². The first-order valence-electron chi connectivity index (χ1n) is 15.8. The van der Waals surface area contributed by atoms with Crippen LogP contribution in [-0.2, 0) is 36.0 Å². The Hall–Kier alpha value is -3.98. The molecule has 0 amide bonds. The van der Waals surface area contributed by atoms with Crippen LogP contribution in [0.2, 0.25) is 0 Å². The SMILES string of the molecule is CN(C(Cc1ccc(OS(=O)(=O)c2cccc3cnccc23)cc1)CN1CCC2(CC1)OCCO2)S(=O)(=O)c1cccc2cnccc12. The zero-order chi connectivity index (χ0) is 33.4. The molecular weight excluding hydrogens is 653 g/mol. The minimum atomic E-state index is -4.13. The van der Waals surface area contributed by atoms with Crippen LogP contribution in [0.5, 0.6) is 5.75 Å². The summed E-state index contributed by atoms with van der Waals surface area (Å²) in [4.78, 5) is 10.8. The van der Waals surface area contributed by atoms with E-state index in [0.29, 0.717) is 68.3 Å². The van der Waals surface area contributed by atoms with Crippen molar-refractivity contribution in [1.82, 2.24) is 19.2 Å². The standard InChI is InChI=1S/C35H36N4O7S2/c1-38(47(40,41)33-6-2-4-27-23-36-16-12-31(27)33)29(25-39-18-14-35(15-19-39)44-20-21-45-35)22-26-8-10-30(11-9-26)46-48(42,43)34-7-3-5-28-24-37-17-13-32(28)34/h2-13,16-17,23-24,29H,14-15,18-22,25H2,1H3. The molecule has 250 valence electrons. The third kappa shape index (κ3) is 6.53. The molecule has 3 aromatic carbocycles. The topological polar surface area (TPSA) is 128 Å². The van der Waals surface area contributed by atoms with Gasteiger partial charge in [-0.3, -0.25) is 9.97 Å². The quantitative estimate of drug-likeness (QED) is 0.192. The van der Waals surface area contributed by atoms with Crippen LogP contribution in [0.1, 0.15) is 18.4 Å². The van der Waals surface area contributed by atoms with E-state index in [1.165, 1.54) is 10.4 Å². The molecule has 0 radical (unpaired) electrons. The van der Waals surface area contributed by atoms with Crippen LogP contribution in [0.15, 0.2) is 107 Å². The molecule has 2 fully saturated rings. The van der Waals surface area contributed by atoms with E-state index in [1.807, 2.05) is 6.07 Å². The lowest BCUT2D eigenvalue weighted by atomic mass is 10.0. The van der Waals surface area contributed by atoms with E-state index in [1.54, 1.807) is 92.5 Å². The molecule has 2 aromatic heterocycles. The van der Waals surface area contributed by atoms with Crippen LogP contribution >= 0.6 is 0 Å². The van der Waals surface area contributed by atoms with E-state index >= 15 is 0 Å². The number of fused-ring (bicyclic) bond motifs is 2. The molecule has 2 aliphatic heterocycles. The lowest BCUT2D eigenvalue weighted by molar-refractivity contribution is -0.185. The van der Waals surface area contributed by atoms with Crippen molar-refractivity contribution < 1.29 is 30.5 Å². The maximum absolute atomic E-state index is 14.2. The fraction of sp³-hybridized carbons (Fsp3) is 0.314. The van der Waals surface area contributed by atoms with E-state index < -0.39 is 32.0 Å². The van der Waals surface area contributed by atoms with E-state index in [9.17, 15) is 16.8 Å². The minimum absolute atomic E-state index is 0.0549. The van der Waals surface area contributed by atoms with Gasteiger partial charge in [-0.05, 0) is 48.4 Å². The van der Waals surface area contributed by atoms with Crippen LogP contribution < -0.4 is 4.18 Å². The zero-order valence-electron chi connectivity index (χ0n) is 26.4. The second-order valence-corrected chi connectivity index (χ2v) is 15.7. The van der Waals surface area contributed by atoms with Gasteiger partial charge in [0.1, 0.15) is 10.6 Å². The number of sulfonamides is 1. The van der Waals surface area contributed by atoms with E-state index in [0.717, 1.165) is 10.9 Å². The molecule has 2 saturated heterocycles. The summed E-state index contributed by atoms with van der Waals surface area (Å²) in [5.74, 6) is -0.385. The maximum atomic E-state index is 14.2. The first-order valence-corrected chi connectivity index (χ1v) is 18.7. The smallest absolute Gasteiger partial charge is 0.339 e. The summed E-state index contributed by atoms with van der Waals surface area (Å²) < 4.78 is 73.8. The number of aromatic nitrogens is 2. The molecule has 0 aliphatic carbocycles. The minimum Gasteiger partial charge on any atom is -0.379 e. The molecule has 13 heteroatoms. The number of hydrogen-bond donors (Lipinski definition) is 0. The van der Waals surface area contributed by atoms with Crippen LogP contribution in [-0.4, -0.2) is 87.7 Å². The second-order valence-electron chi connectivity index (χ2n) is 12.2. The Morgan fingerprint density at radius 3 is 2.02 bits per heavy atom. The van der Waals surface area contributed by atoms with Gasteiger partial charge in [-0.2, -0.15) is 12.7 Å². The number of ether oxygens (including phenoxy) is 2. The molecule has 1 unspecified atom stereocenters. The molecule has 4 heterocycles. The van der Waals surface area contributed by atoms with Crippen LogP contribution in [0, 0.1) is 0 Å². The monoisotopic (exact) mass is 688 g/mol. The van der Waals surface area contributed by atoms with Crippen LogP contribution in [0.25, 0.3) is 21.5 Å². The van der Waals surface area contributed by atoms with Crippen LogP contribution in [0.3, 0.4) is 0 Å². The van der Waals surface area contributed by atoms with Gasteiger partial charge >= 0.3 is 10.1 Å². The fourth-order valence-corrected chi connectivity index (χ4v) is 9.29. The molecule has 1 spiro atoms. The molecule has 7 rings (SSSR count). The summed E-state index contributed by atoms with van der Waals surface area (Å²) in [6.07, 6.45) is 8.20. The molecular formula is C35H36N4O7S2. The largest absolute Gasteiger partial charge is 0.379 e. The molecule has 2 aliphatic rings. The Bertz CT molecular complexity index is 2140. The molecule has 0 N–H and O–H groups in total. The zero-order valence-corrected chi connectivity index (χ0v) is 28.1. The lowest BCUT2D eigenvalue weighted by Gasteiger charge is -2.40. The number of benzene rings is 3. The number of piperidine rings is 1. The first-order chi connectivity index (χ1) is 23.1. The highest BCUT2D eigenvalue weighted by molar-refractivity contribution is 7.89. The average Bonchev–Trinajstić information content (AvgIpc) is 3.56. The lowest BCUT2D eigenvalue weighted by Crippen LogP contribution is -2.51. The van der Waals surface area contributed by atoms with E-state index in [-0.39, 0.29) is 15.5 Å². The van der Waals surface area contributed by atoms with Crippen molar-refractivity contribution in [2.75, 3.05) is 39.9 Å². The third-order valence-electron chi connectivity index (χ3n) is 9.22. The third-order valence-corrected chi connectivity index (χ3v) is 12.5. The van der Waals surface area contributed by atoms with Crippen molar-refractivity contribution in [3.63, 3.8) is 0 Å². The Kier molecular flexibility index (Phi) is 8.92. The molecule has 5 aromatic rings. The number of nitrogens with zero attached hydrogens (tertiary/aromatic N) is 4. The number of likely N-dealkylation sites (N-methyl/N-ethyl adjacent to an activating group) is 1. The highest BCUT2D eigenvalue weighted by Crippen LogP contribution is 2.33. The predicted molar refractivity (Wildman–Crippen MR) is 180 cm³/mol. The summed E-state index contributed by atoms with van der Waals surface area (Å²) in [5, 5.41) is 2.56. The van der Waals surface area contributed by atoms with Gasteiger partial charge in [-0.25, -0.2) is 8.42 Å². The van der Waals surface area contributed by atoms with Crippen molar-refractivity contribution in [2.24, 2.45) is 0 Å². The fourth-order valence-electron chi connectivity index (χ4n) is 6.57. The number of hydrogen-bond acceptors (Lipinski definition) is 10. The average molecular weight is 689 g/mol. The Balaban J connectivity index is 1.13. The molecule has 48 heavy (non-hydrogen) atoms. The van der Waals surface area contributed by atoms with E-state index in [2.05, 4.69) is 14.9 Å². The summed E-state index contributed by atoms with van der Waals surface area (Å²) in [7, 11) is -6.43. The van der Waals surface area contributed by atoms with Gasteiger partial charge < -0.3 is 18.6 Å². The summed E-state index contributed by atoms with van der Waals surface area (Å²) in [6.45, 7) is 3.08. The van der Waals surface area contributed by atoms with Crippen molar-refractivity contribution >= 4 is 41.7 Å². The van der Waals surface area contributed by atoms with Gasteiger partial charge in [0.2, 0.25) is 10.0 Å². The van der Waals surface area contributed by atoms with E-state index in [4.69, 9.17) is 13.7 Å². The van der Waals surface area contributed by atoms with Gasteiger partial charge in [0.05, 0.1) is 18.1 Å². The number of pyridine rings is 2. The van der Waals surface area contributed by atoms with Gasteiger partial charge in [0.25, 0.3) is 0 Å². The summed E-state index contributed by atoms with van der Waals surface area (Å²) in [6, 6.07) is 19.8. The summed E-state index contributed by atoms with van der Waals surface area (Å²) >= 11 is 0. The summed E-state index contributed by atoms with van der Waals surface area (Å²) in [5.41, 5.74) is 0.834. The maximum Gasteiger partial charge on any atom is 0.339 e. The van der Waals surface area contributed by atoms with Crippen molar-refractivity contribution in [2.45, 2.75) is 40.9 Å². The number of likely N-dealkylation sites (tertiary alicyclic amines) is 1. The Labute approximate surface area is 280 Å². The second kappa shape index (κ2) is 13.1. The first kappa shape index (κ1) is 32.6. The highest BCUT2D eigenvalue weighted by Gasteiger charge is 2.41.